The standard InChI is InChI=1S/C17H18N4O2S/c1-24-17-13(10-18)16(12-4-2-3-5-14(12)20-17)19-11-15(22)21-6-8-23-9-7-21/h2-5H,6-9,11H2,1H3,(H,19,20). The van der Waals surface area contributed by atoms with Crippen LogP contribution in [0.1, 0.15) is 5.56 Å². The van der Waals surface area contributed by atoms with Crippen LogP contribution in [0.4, 0.5) is 5.69 Å². The molecule has 1 amide bonds. The minimum Gasteiger partial charge on any atom is -0.378 e. The number of morpholine rings is 1. The van der Waals surface area contributed by atoms with Gasteiger partial charge >= 0.3 is 0 Å². The molecular formula is C17H18N4O2S. The summed E-state index contributed by atoms with van der Waals surface area (Å²) < 4.78 is 5.27. The number of nitrogens with zero attached hydrogens (tertiary/aromatic N) is 3. The van der Waals surface area contributed by atoms with Crippen LogP contribution in [0.3, 0.4) is 0 Å². The lowest BCUT2D eigenvalue weighted by Gasteiger charge is -2.27. The molecule has 3 rings (SSSR count). The number of fused-ring (bicyclic) bond motifs is 1. The van der Waals surface area contributed by atoms with Crippen LogP contribution in [0.5, 0.6) is 0 Å². The summed E-state index contributed by atoms with van der Waals surface area (Å²) in [5.41, 5.74) is 1.97. The minimum absolute atomic E-state index is 0.00813. The van der Waals surface area contributed by atoms with Crippen molar-refractivity contribution in [3.63, 3.8) is 0 Å². The number of thioether (sulfide) groups is 1. The van der Waals surface area contributed by atoms with Crippen molar-refractivity contribution < 1.29 is 9.53 Å². The van der Waals surface area contributed by atoms with Crippen LogP contribution in [0, 0.1) is 11.3 Å². The summed E-state index contributed by atoms with van der Waals surface area (Å²) in [6.45, 7) is 2.52. The molecule has 1 fully saturated rings. The van der Waals surface area contributed by atoms with E-state index in [4.69, 9.17) is 4.74 Å². The molecule has 1 aromatic carbocycles. The van der Waals surface area contributed by atoms with E-state index >= 15 is 0 Å². The molecule has 124 valence electrons. The second kappa shape index (κ2) is 7.51. The van der Waals surface area contributed by atoms with E-state index in [1.54, 1.807) is 4.90 Å². The first kappa shape index (κ1) is 16.6. The number of benzene rings is 1. The number of anilines is 1. The number of rotatable bonds is 4. The molecule has 1 saturated heterocycles. The van der Waals surface area contributed by atoms with E-state index in [0.717, 1.165) is 10.9 Å². The highest BCUT2D eigenvalue weighted by Gasteiger charge is 2.19. The summed E-state index contributed by atoms with van der Waals surface area (Å²) in [6.07, 6.45) is 1.89. The van der Waals surface area contributed by atoms with Crippen LogP contribution in [0.25, 0.3) is 10.9 Å². The van der Waals surface area contributed by atoms with Gasteiger partial charge in [-0.25, -0.2) is 4.98 Å². The van der Waals surface area contributed by atoms with Crippen molar-refractivity contribution in [2.75, 3.05) is 44.4 Å². The molecule has 0 aliphatic carbocycles. The van der Waals surface area contributed by atoms with Gasteiger partial charge in [0.05, 0.1) is 31.0 Å². The van der Waals surface area contributed by atoms with Crippen LogP contribution < -0.4 is 5.32 Å². The van der Waals surface area contributed by atoms with E-state index in [1.165, 1.54) is 11.8 Å². The molecule has 1 N–H and O–H groups in total. The average molecular weight is 342 g/mol. The van der Waals surface area contributed by atoms with Crippen LogP contribution in [0.15, 0.2) is 29.3 Å². The van der Waals surface area contributed by atoms with Gasteiger partial charge in [-0.05, 0) is 12.3 Å². The third-order valence-corrected chi connectivity index (χ3v) is 4.63. The molecule has 2 heterocycles. The molecule has 1 aromatic heterocycles. The van der Waals surface area contributed by atoms with Crippen LogP contribution >= 0.6 is 11.8 Å². The van der Waals surface area contributed by atoms with Crippen molar-refractivity contribution in [3.8, 4) is 6.07 Å². The maximum Gasteiger partial charge on any atom is 0.242 e. The molecule has 0 bridgehead atoms. The first-order valence-electron chi connectivity index (χ1n) is 7.71. The van der Waals surface area contributed by atoms with Gasteiger partial charge in [0, 0.05) is 18.5 Å². The Morgan fingerprint density at radius 3 is 2.88 bits per heavy atom. The molecule has 1 aliphatic rings. The number of para-hydroxylation sites is 1. The molecule has 0 spiro atoms. The number of nitrogens with one attached hydrogen (secondary N) is 1. The first-order valence-corrected chi connectivity index (χ1v) is 8.93. The van der Waals surface area contributed by atoms with Gasteiger partial charge < -0.3 is 15.0 Å². The third-order valence-electron chi connectivity index (χ3n) is 3.94. The molecule has 6 nitrogen and oxygen atoms in total. The number of hydrogen-bond acceptors (Lipinski definition) is 6. The molecule has 24 heavy (non-hydrogen) atoms. The van der Waals surface area contributed by atoms with Gasteiger partial charge in [0.15, 0.2) is 0 Å². The summed E-state index contributed by atoms with van der Waals surface area (Å²) in [5.74, 6) is 0.00813. The fourth-order valence-corrected chi connectivity index (χ4v) is 3.25. The Kier molecular flexibility index (Phi) is 5.18. The van der Waals surface area contributed by atoms with Gasteiger partial charge in [-0.15, -0.1) is 11.8 Å². The van der Waals surface area contributed by atoms with Crippen molar-refractivity contribution in [2.24, 2.45) is 0 Å². The Morgan fingerprint density at radius 2 is 2.17 bits per heavy atom. The van der Waals surface area contributed by atoms with Crippen molar-refractivity contribution >= 4 is 34.3 Å². The predicted octanol–water partition coefficient (Wildman–Crippen LogP) is 2.10. The molecule has 7 heteroatoms. The molecule has 0 saturated carbocycles. The summed E-state index contributed by atoms with van der Waals surface area (Å²) in [5, 5.41) is 14.2. The maximum absolute atomic E-state index is 12.4. The zero-order valence-electron chi connectivity index (χ0n) is 13.4. The van der Waals surface area contributed by atoms with Crippen molar-refractivity contribution in [2.45, 2.75) is 5.03 Å². The highest BCUT2D eigenvalue weighted by atomic mass is 32.2. The maximum atomic E-state index is 12.4. The number of amides is 1. The number of aromatic nitrogens is 1. The molecule has 0 radical (unpaired) electrons. The van der Waals surface area contributed by atoms with Crippen LogP contribution in [-0.2, 0) is 9.53 Å². The molecule has 0 unspecified atom stereocenters. The highest BCUT2D eigenvalue weighted by Crippen LogP contribution is 2.32. The minimum atomic E-state index is 0.00813. The molecule has 0 atom stereocenters. The van der Waals surface area contributed by atoms with E-state index in [2.05, 4.69) is 16.4 Å². The number of ether oxygens (including phenoxy) is 1. The van der Waals surface area contributed by atoms with Gasteiger partial charge in [0.2, 0.25) is 5.91 Å². The smallest absolute Gasteiger partial charge is 0.242 e. The Labute approximate surface area is 144 Å². The predicted molar refractivity (Wildman–Crippen MR) is 94.1 cm³/mol. The number of pyridine rings is 1. The van der Waals surface area contributed by atoms with Crippen molar-refractivity contribution in [3.05, 3.63) is 29.8 Å². The lowest BCUT2D eigenvalue weighted by molar-refractivity contribution is -0.133. The number of carbonyl (C=O) groups excluding carboxylic acids is 1. The van der Waals surface area contributed by atoms with Crippen molar-refractivity contribution in [1.29, 1.82) is 5.26 Å². The Hall–Kier alpha value is -2.30. The normalized spacial score (nSPS) is 14.4. The van der Waals surface area contributed by atoms with Gasteiger partial charge in [-0.1, -0.05) is 18.2 Å². The van der Waals surface area contributed by atoms with Gasteiger partial charge in [0.25, 0.3) is 0 Å². The fourth-order valence-electron chi connectivity index (χ4n) is 2.71. The second-order valence-corrected chi connectivity index (χ2v) is 6.14. The highest BCUT2D eigenvalue weighted by molar-refractivity contribution is 7.98. The van der Waals surface area contributed by atoms with Gasteiger partial charge in [-0.2, -0.15) is 5.26 Å². The number of nitriles is 1. The first-order chi connectivity index (χ1) is 11.7. The monoisotopic (exact) mass is 342 g/mol. The SMILES string of the molecule is CSc1nc2ccccc2c(NCC(=O)N2CCOCC2)c1C#N. The zero-order chi connectivity index (χ0) is 16.9. The Morgan fingerprint density at radius 1 is 1.42 bits per heavy atom. The zero-order valence-corrected chi connectivity index (χ0v) is 14.2. The summed E-state index contributed by atoms with van der Waals surface area (Å²) in [6, 6.07) is 9.85. The van der Waals surface area contributed by atoms with E-state index in [-0.39, 0.29) is 12.5 Å². The van der Waals surface area contributed by atoms with Crippen molar-refractivity contribution in [1.82, 2.24) is 9.88 Å². The number of carbonyl (C=O) groups is 1. The summed E-state index contributed by atoms with van der Waals surface area (Å²) in [7, 11) is 0. The Balaban J connectivity index is 1.90. The third kappa shape index (κ3) is 3.30. The number of hydrogen-bond donors (Lipinski definition) is 1. The van der Waals surface area contributed by atoms with E-state index < -0.39 is 0 Å². The molecule has 1 aliphatic heterocycles. The van der Waals surface area contributed by atoms with E-state index in [9.17, 15) is 10.1 Å². The quantitative estimate of drug-likeness (QED) is 0.858. The summed E-state index contributed by atoms with van der Waals surface area (Å²) >= 11 is 1.43. The molecule has 2 aromatic rings. The average Bonchev–Trinajstić information content (AvgIpc) is 2.65. The topological polar surface area (TPSA) is 78.2 Å². The second-order valence-electron chi connectivity index (χ2n) is 5.35. The lowest BCUT2D eigenvalue weighted by Crippen LogP contribution is -2.43. The van der Waals surface area contributed by atoms with Gasteiger partial charge in [-0.3, -0.25) is 4.79 Å². The summed E-state index contributed by atoms with van der Waals surface area (Å²) in [4.78, 5) is 18.7. The van der Waals surface area contributed by atoms with E-state index in [0.29, 0.717) is 42.6 Å². The fraction of sp³-hybridized carbons (Fsp3) is 0.353. The largest absolute Gasteiger partial charge is 0.378 e. The van der Waals surface area contributed by atoms with Gasteiger partial charge in [0.1, 0.15) is 16.7 Å². The van der Waals surface area contributed by atoms with Crippen LogP contribution in [-0.4, -0.2) is 54.9 Å². The lowest BCUT2D eigenvalue weighted by atomic mass is 10.1. The van der Waals surface area contributed by atoms with E-state index in [1.807, 2.05) is 30.5 Å². The van der Waals surface area contributed by atoms with Crippen LogP contribution in [0.2, 0.25) is 0 Å². The Bertz CT molecular complexity index is 797. The molecular weight excluding hydrogens is 324 g/mol.